The van der Waals surface area contributed by atoms with Crippen molar-refractivity contribution < 1.29 is 17.9 Å². The number of hydrogen-bond acceptors (Lipinski definition) is 5. The predicted octanol–water partition coefficient (Wildman–Crippen LogP) is 2.01. The minimum Gasteiger partial charge on any atom is -0.423 e. The molecule has 1 aromatic carbocycles. The van der Waals surface area contributed by atoms with Gasteiger partial charge in [0.15, 0.2) is 0 Å². The highest BCUT2D eigenvalue weighted by atomic mass is 32.2. The van der Waals surface area contributed by atoms with Gasteiger partial charge in [-0.25, -0.2) is 13.2 Å². The molecule has 0 bridgehead atoms. The van der Waals surface area contributed by atoms with E-state index in [0.29, 0.717) is 17.2 Å². The quantitative estimate of drug-likeness (QED) is 0.605. The maximum Gasteiger partial charge on any atom is 0.345 e. The molecule has 0 radical (unpaired) electrons. The summed E-state index contributed by atoms with van der Waals surface area (Å²) >= 11 is 0. The average Bonchev–Trinajstić information content (AvgIpc) is 2.50. The Balaban J connectivity index is 1.83. The number of nitrogens with zero attached hydrogens (tertiary/aromatic N) is 2. The van der Waals surface area contributed by atoms with Crippen LogP contribution in [-0.2, 0) is 14.8 Å². The summed E-state index contributed by atoms with van der Waals surface area (Å²) in [5.41, 5.74) is 3.35. The van der Waals surface area contributed by atoms with E-state index >= 15 is 0 Å². The lowest BCUT2D eigenvalue weighted by atomic mass is 10.1. The van der Waals surface area contributed by atoms with Crippen molar-refractivity contribution in [3.05, 3.63) is 52.7 Å². The zero-order valence-electron chi connectivity index (χ0n) is 13.7. The Labute approximate surface area is 141 Å². The fourth-order valence-electron chi connectivity index (χ4n) is 2.59. The summed E-state index contributed by atoms with van der Waals surface area (Å²) in [4.78, 5) is 14.1. The van der Waals surface area contributed by atoms with Gasteiger partial charge in [-0.3, -0.25) is 0 Å². The van der Waals surface area contributed by atoms with Gasteiger partial charge in [-0.2, -0.15) is 0 Å². The molecule has 0 aromatic heterocycles. The Morgan fingerprint density at radius 1 is 1.21 bits per heavy atom. The number of ether oxygens (including phenoxy) is 1. The Morgan fingerprint density at radius 2 is 1.96 bits per heavy atom. The van der Waals surface area contributed by atoms with Crippen molar-refractivity contribution in [1.82, 2.24) is 4.90 Å². The average molecular weight is 346 g/mol. The van der Waals surface area contributed by atoms with Gasteiger partial charge in [0.1, 0.15) is 11.6 Å². The van der Waals surface area contributed by atoms with Gasteiger partial charge in [0, 0.05) is 12.7 Å². The molecule has 6 nitrogen and oxygen atoms in total. The van der Waals surface area contributed by atoms with Gasteiger partial charge in [0.25, 0.3) is 10.0 Å². The van der Waals surface area contributed by atoms with Crippen LogP contribution in [0.2, 0.25) is 0 Å². The maximum atomic E-state index is 12.4. The molecule has 0 saturated heterocycles. The van der Waals surface area contributed by atoms with Gasteiger partial charge in [-0.05, 0) is 55.7 Å². The highest BCUT2D eigenvalue weighted by molar-refractivity contribution is 7.90. The van der Waals surface area contributed by atoms with Gasteiger partial charge < -0.3 is 9.64 Å². The Kier molecular flexibility index (Phi) is 4.04. The molecular weight excluding hydrogens is 328 g/mol. The summed E-state index contributed by atoms with van der Waals surface area (Å²) in [6.45, 7) is 6.09. The van der Waals surface area contributed by atoms with Crippen LogP contribution in [0, 0.1) is 20.8 Å². The van der Waals surface area contributed by atoms with Crippen LogP contribution in [0.5, 0.6) is 5.75 Å². The number of hydrogen-bond donors (Lipinski definition) is 0. The molecule has 0 N–H and O–H groups in total. The molecule has 7 heteroatoms. The van der Waals surface area contributed by atoms with Crippen molar-refractivity contribution in [3.8, 4) is 5.75 Å². The van der Waals surface area contributed by atoms with E-state index in [-0.39, 0.29) is 12.3 Å². The van der Waals surface area contributed by atoms with Crippen LogP contribution >= 0.6 is 0 Å². The van der Waals surface area contributed by atoms with Crippen LogP contribution in [0.3, 0.4) is 0 Å². The lowest BCUT2D eigenvalue weighted by Gasteiger charge is -2.26. The number of sulfonamides is 1. The Bertz CT molecular complexity index is 911. The topological polar surface area (TPSA) is 76.0 Å². The van der Waals surface area contributed by atoms with Gasteiger partial charge in [-0.15, -0.1) is 4.40 Å². The van der Waals surface area contributed by atoms with Crippen LogP contribution < -0.4 is 4.74 Å². The number of esters is 1. The zero-order chi connectivity index (χ0) is 17.5. The van der Waals surface area contributed by atoms with E-state index in [4.69, 9.17) is 4.74 Å². The van der Waals surface area contributed by atoms with Crippen molar-refractivity contribution in [2.24, 2.45) is 4.40 Å². The van der Waals surface area contributed by atoms with Gasteiger partial charge in [0.05, 0.1) is 11.3 Å². The number of benzene rings is 1. The number of rotatable bonds is 2. The van der Waals surface area contributed by atoms with E-state index in [1.54, 1.807) is 11.1 Å². The Morgan fingerprint density at radius 3 is 2.71 bits per heavy atom. The first-order valence-corrected chi connectivity index (χ1v) is 9.15. The summed E-state index contributed by atoms with van der Waals surface area (Å²) in [5, 5.41) is 0. The fourth-order valence-corrected chi connectivity index (χ4v) is 3.56. The van der Waals surface area contributed by atoms with E-state index in [0.717, 1.165) is 16.7 Å². The summed E-state index contributed by atoms with van der Waals surface area (Å²) in [5.74, 6) is 0.305. The molecule has 0 atom stereocenters. The second-order valence-corrected chi connectivity index (χ2v) is 7.70. The van der Waals surface area contributed by atoms with E-state index in [9.17, 15) is 13.2 Å². The van der Waals surface area contributed by atoms with Crippen LogP contribution in [0.25, 0.3) is 0 Å². The van der Waals surface area contributed by atoms with Gasteiger partial charge in [0.2, 0.25) is 0 Å². The first-order chi connectivity index (χ1) is 11.2. The second kappa shape index (κ2) is 5.90. The van der Waals surface area contributed by atoms with Crippen LogP contribution in [0.1, 0.15) is 16.7 Å². The van der Waals surface area contributed by atoms with Gasteiger partial charge in [-0.1, -0.05) is 6.07 Å². The third-order valence-corrected chi connectivity index (χ3v) is 5.19. The minimum atomic E-state index is -3.40. The molecule has 0 unspecified atom stereocenters. The smallest absolute Gasteiger partial charge is 0.345 e. The summed E-state index contributed by atoms with van der Waals surface area (Å²) in [7, 11) is -3.40. The third kappa shape index (κ3) is 3.26. The van der Waals surface area contributed by atoms with Crippen molar-refractivity contribution in [2.45, 2.75) is 20.8 Å². The number of aryl methyl sites for hydroxylation is 2. The molecule has 3 rings (SSSR count). The first-order valence-electron chi connectivity index (χ1n) is 7.54. The molecule has 2 aliphatic rings. The summed E-state index contributed by atoms with van der Waals surface area (Å²) < 4.78 is 32.2. The lowest BCUT2D eigenvalue weighted by Crippen LogP contribution is -2.37. The number of fused-ring (bicyclic) bond motifs is 1. The van der Waals surface area contributed by atoms with Crippen LogP contribution in [0.4, 0.5) is 0 Å². The highest BCUT2D eigenvalue weighted by Crippen LogP contribution is 2.25. The zero-order valence-corrected chi connectivity index (χ0v) is 14.6. The molecule has 0 saturated carbocycles. The standard InChI is InChI=1S/C17H18N2O4S/c1-11-8-12(2)13(3)15(9-11)23-17(20)14-4-5-16-18-24(21,22)7-6-19(16)10-14/h4-5,8-10H,6-7H2,1-3H3. The molecule has 1 aromatic rings. The fraction of sp³-hybridized carbons (Fsp3) is 0.294. The molecule has 126 valence electrons. The van der Waals surface area contributed by atoms with Gasteiger partial charge >= 0.3 is 5.97 Å². The summed E-state index contributed by atoms with van der Waals surface area (Å²) in [6.07, 6.45) is 4.62. The summed E-state index contributed by atoms with van der Waals surface area (Å²) in [6, 6.07) is 3.86. The molecule has 0 spiro atoms. The van der Waals surface area contributed by atoms with Crippen LogP contribution in [-0.4, -0.2) is 37.4 Å². The number of amidine groups is 1. The van der Waals surface area contributed by atoms with Crippen molar-refractivity contribution in [1.29, 1.82) is 0 Å². The molecule has 0 fully saturated rings. The van der Waals surface area contributed by atoms with E-state index in [1.165, 1.54) is 12.2 Å². The number of carbonyl (C=O) groups is 1. The predicted molar refractivity (Wildman–Crippen MR) is 91.4 cm³/mol. The van der Waals surface area contributed by atoms with Crippen molar-refractivity contribution >= 4 is 21.8 Å². The molecule has 24 heavy (non-hydrogen) atoms. The molecule has 2 heterocycles. The SMILES string of the molecule is Cc1cc(C)c(C)c(OC(=O)C2=CN3CCS(=O)(=O)N=C3C=C2)c1. The monoisotopic (exact) mass is 346 g/mol. The second-order valence-electron chi connectivity index (χ2n) is 5.94. The highest BCUT2D eigenvalue weighted by Gasteiger charge is 2.25. The molecule has 2 aliphatic heterocycles. The maximum absolute atomic E-state index is 12.4. The van der Waals surface area contributed by atoms with E-state index in [1.807, 2.05) is 32.9 Å². The van der Waals surface area contributed by atoms with E-state index in [2.05, 4.69) is 4.40 Å². The third-order valence-electron chi connectivity index (χ3n) is 4.03. The molecule has 0 amide bonds. The minimum absolute atomic E-state index is 0.0701. The lowest BCUT2D eigenvalue weighted by molar-refractivity contribution is -0.129. The normalized spacial score (nSPS) is 18.5. The molecule has 0 aliphatic carbocycles. The van der Waals surface area contributed by atoms with Crippen molar-refractivity contribution in [2.75, 3.05) is 12.3 Å². The Hall–Kier alpha value is -2.41. The van der Waals surface area contributed by atoms with Crippen LogP contribution in [0.15, 0.2) is 40.5 Å². The number of carbonyl (C=O) groups excluding carboxylic acids is 1. The first kappa shape index (κ1) is 16.4. The largest absolute Gasteiger partial charge is 0.423 e. The van der Waals surface area contributed by atoms with E-state index < -0.39 is 16.0 Å². The van der Waals surface area contributed by atoms with Crippen molar-refractivity contribution in [3.63, 3.8) is 0 Å². The molecular formula is C17H18N2O4S.